The topological polar surface area (TPSA) is 81.5 Å². The van der Waals surface area contributed by atoms with Gasteiger partial charge in [0.2, 0.25) is 0 Å². The number of nitrogens with two attached hydrogens (primary N) is 2. The fourth-order valence-electron chi connectivity index (χ4n) is 3.01. The van der Waals surface area contributed by atoms with Crippen LogP contribution < -0.4 is 16.1 Å². The van der Waals surface area contributed by atoms with Crippen molar-refractivity contribution in [1.29, 1.82) is 0 Å². The van der Waals surface area contributed by atoms with E-state index in [0.29, 0.717) is 18.5 Å². The molecule has 0 aromatic heterocycles. The predicted molar refractivity (Wildman–Crippen MR) is 159 cm³/mol. The van der Waals surface area contributed by atoms with E-state index in [1.165, 1.54) is 0 Å². The first kappa shape index (κ1) is 29.6. The summed E-state index contributed by atoms with van der Waals surface area (Å²) in [6.07, 6.45) is 0. The summed E-state index contributed by atoms with van der Waals surface area (Å²) in [6.45, 7) is 7.87. The Morgan fingerprint density at radius 3 is 1.67 bits per heavy atom. The van der Waals surface area contributed by atoms with Gasteiger partial charge in [-0.25, -0.2) is 0 Å². The van der Waals surface area contributed by atoms with E-state index in [-0.39, 0.29) is 0 Å². The molecule has 1 radical (unpaired) electrons. The number of aryl methyl sites for hydroxylation is 4. The van der Waals surface area contributed by atoms with Gasteiger partial charge in [0.1, 0.15) is 5.75 Å². The average molecular weight is 587 g/mol. The Labute approximate surface area is 232 Å². The van der Waals surface area contributed by atoms with Gasteiger partial charge >= 0.3 is 7.69 Å². The Morgan fingerprint density at radius 1 is 0.667 bits per heavy atom. The molecular weight excluding hydrogens is 558 g/mol. The van der Waals surface area contributed by atoms with Crippen LogP contribution in [0.15, 0.2) is 77.3 Å². The first-order valence-electron chi connectivity index (χ1n) is 11.0. The number of hydrogen-bond donors (Lipinski definition) is 3. The molecule has 0 fully saturated rings. The molecule has 0 amide bonds. The molecule has 36 heavy (non-hydrogen) atoms. The first-order chi connectivity index (χ1) is 17.0. The van der Waals surface area contributed by atoms with Crippen molar-refractivity contribution < 1.29 is 9.68 Å². The van der Waals surface area contributed by atoms with Gasteiger partial charge in [-0.05, 0) is 110 Å². The summed E-state index contributed by atoms with van der Waals surface area (Å²) in [5.74, 6) is 0.578. The highest BCUT2D eigenvalue weighted by atomic mass is 79.9. The Hall–Kier alpha value is -2.64. The van der Waals surface area contributed by atoms with Gasteiger partial charge in [-0.1, -0.05) is 63.4 Å². The molecule has 5 N–H and O–H groups in total. The zero-order valence-electron chi connectivity index (χ0n) is 20.6. The van der Waals surface area contributed by atoms with E-state index in [0.717, 1.165) is 54.3 Å². The molecule has 0 heterocycles. The van der Waals surface area contributed by atoms with Gasteiger partial charge in [-0.2, -0.15) is 0 Å². The standard InChI is InChI=1S/C14H14ClN.C7H7BClO2.C7H8BrN/c1-9-3-4-12(8-14(9)16)11-5-6-13(15)10(2)7-11;1-5-4-6(11-8-10)2-3-7(5)9;1-5-2-3-6(8)4-7(5)9/h3-8H,16H2,1-2H3;2-4,10H,1H3;2-4H,9H2,1H3. The summed E-state index contributed by atoms with van der Waals surface area (Å²) in [7, 11) is 0.642. The number of anilines is 2. The summed E-state index contributed by atoms with van der Waals surface area (Å²) in [4.78, 5) is 0. The maximum Gasteiger partial charge on any atom is 0.569 e. The Kier molecular flexibility index (Phi) is 11.7. The fourth-order valence-corrected chi connectivity index (χ4v) is 3.62. The molecule has 4 rings (SSSR count). The number of benzene rings is 4. The smallest absolute Gasteiger partial charge is 0.537 e. The van der Waals surface area contributed by atoms with Crippen molar-refractivity contribution in [2.75, 3.05) is 11.5 Å². The minimum absolute atomic E-state index is 0.578. The second-order valence-electron chi connectivity index (χ2n) is 8.17. The molecular formula is C28H29BBrCl2N2O2. The number of nitrogen functional groups attached to an aromatic ring is 2. The monoisotopic (exact) mass is 585 g/mol. The number of rotatable bonds is 3. The molecule has 4 aromatic rings. The van der Waals surface area contributed by atoms with Crippen LogP contribution in [0.3, 0.4) is 0 Å². The molecule has 0 aliphatic carbocycles. The van der Waals surface area contributed by atoms with E-state index in [4.69, 9.17) is 44.3 Å². The summed E-state index contributed by atoms with van der Waals surface area (Å²) >= 11 is 15.1. The van der Waals surface area contributed by atoms with E-state index in [1.54, 1.807) is 18.2 Å². The Balaban J connectivity index is 0.000000200. The van der Waals surface area contributed by atoms with Crippen molar-refractivity contribution >= 4 is 58.2 Å². The van der Waals surface area contributed by atoms with Crippen molar-refractivity contribution in [1.82, 2.24) is 0 Å². The molecule has 0 aliphatic heterocycles. The van der Waals surface area contributed by atoms with Crippen LogP contribution in [-0.4, -0.2) is 12.7 Å². The molecule has 0 aliphatic rings. The van der Waals surface area contributed by atoms with Crippen molar-refractivity contribution in [3.63, 3.8) is 0 Å². The first-order valence-corrected chi connectivity index (χ1v) is 12.6. The molecule has 8 heteroatoms. The molecule has 0 saturated carbocycles. The molecule has 0 saturated heterocycles. The largest absolute Gasteiger partial charge is 0.569 e. The highest BCUT2D eigenvalue weighted by molar-refractivity contribution is 9.10. The van der Waals surface area contributed by atoms with Crippen LogP contribution in [0.2, 0.25) is 10.0 Å². The van der Waals surface area contributed by atoms with Crippen molar-refractivity contribution in [2.45, 2.75) is 27.7 Å². The zero-order chi connectivity index (χ0) is 26.8. The van der Waals surface area contributed by atoms with Crippen LogP contribution in [-0.2, 0) is 0 Å². The quantitative estimate of drug-likeness (QED) is 0.167. The minimum Gasteiger partial charge on any atom is -0.537 e. The molecule has 4 aromatic carbocycles. The van der Waals surface area contributed by atoms with E-state index < -0.39 is 0 Å². The molecule has 0 bridgehead atoms. The summed E-state index contributed by atoms with van der Waals surface area (Å²) in [5, 5.41) is 9.78. The van der Waals surface area contributed by atoms with Crippen LogP contribution >= 0.6 is 39.1 Å². The second-order valence-corrected chi connectivity index (χ2v) is 9.90. The van der Waals surface area contributed by atoms with Gasteiger partial charge in [-0.15, -0.1) is 0 Å². The van der Waals surface area contributed by atoms with E-state index in [9.17, 15) is 0 Å². The van der Waals surface area contributed by atoms with Gasteiger partial charge in [0, 0.05) is 25.9 Å². The lowest BCUT2D eigenvalue weighted by molar-refractivity contribution is 0.453. The van der Waals surface area contributed by atoms with E-state index in [2.05, 4.69) is 28.1 Å². The van der Waals surface area contributed by atoms with Crippen molar-refractivity contribution in [3.8, 4) is 16.9 Å². The van der Waals surface area contributed by atoms with Crippen molar-refractivity contribution in [3.05, 3.63) is 110 Å². The van der Waals surface area contributed by atoms with Crippen LogP contribution in [0.4, 0.5) is 11.4 Å². The van der Waals surface area contributed by atoms with Crippen LogP contribution in [0, 0.1) is 27.7 Å². The third kappa shape index (κ3) is 9.10. The van der Waals surface area contributed by atoms with Crippen LogP contribution in [0.25, 0.3) is 11.1 Å². The average Bonchev–Trinajstić information content (AvgIpc) is 2.83. The summed E-state index contributed by atoms with van der Waals surface area (Å²) in [6, 6.07) is 23.1. The van der Waals surface area contributed by atoms with Gasteiger partial charge < -0.3 is 21.1 Å². The van der Waals surface area contributed by atoms with Crippen LogP contribution in [0.5, 0.6) is 5.75 Å². The molecule has 0 atom stereocenters. The molecule has 187 valence electrons. The third-order valence-corrected chi connectivity index (χ3v) is 6.67. The second kappa shape index (κ2) is 14.2. The van der Waals surface area contributed by atoms with Gasteiger partial charge in [0.05, 0.1) is 0 Å². The molecule has 0 unspecified atom stereocenters. The number of hydrogen-bond acceptors (Lipinski definition) is 4. The minimum atomic E-state index is 0.578. The van der Waals surface area contributed by atoms with E-state index >= 15 is 0 Å². The number of halogens is 3. The lowest BCUT2D eigenvalue weighted by Crippen LogP contribution is -1.99. The van der Waals surface area contributed by atoms with Gasteiger partial charge in [0.15, 0.2) is 0 Å². The Bertz CT molecular complexity index is 1270. The lowest BCUT2D eigenvalue weighted by atomic mass is 10.0. The molecule has 0 spiro atoms. The maximum atomic E-state index is 8.30. The highest BCUT2D eigenvalue weighted by Gasteiger charge is 2.02. The third-order valence-electron chi connectivity index (χ3n) is 5.33. The van der Waals surface area contributed by atoms with E-state index in [1.807, 2.05) is 70.2 Å². The highest BCUT2D eigenvalue weighted by Crippen LogP contribution is 2.27. The summed E-state index contributed by atoms with van der Waals surface area (Å²) in [5.41, 5.74) is 19.7. The SMILES string of the molecule is Cc1cc(O[B]O)ccc1Cl.Cc1ccc(-c2ccc(Cl)c(C)c2)cc1N.Cc1ccc(Br)cc1N. The maximum absolute atomic E-state index is 8.30. The fraction of sp³-hybridized carbons (Fsp3) is 0.143. The van der Waals surface area contributed by atoms with Crippen LogP contribution in [0.1, 0.15) is 22.3 Å². The normalized spacial score (nSPS) is 9.89. The predicted octanol–water partition coefficient (Wildman–Crippen LogP) is 8.10. The molecule has 4 nitrogen and oxygen atoms in total. The van der Waals surface area contributed by atoms with Gasteiger partial charge in [0.25, 0.3) is 0 Å². The lowest BCUT2D eigenvalue weighted by Gasteiger charge is -2.07. The Morgan fingerprint density at radius 2 is 1.17 bits per heavy atom. The van der Waals surface area contributed by atoms with Crippen molar-refractivity contribution in [2.24, 2.45) is 0 Å². The summed E-state index contributed by atoms with van der Waals surface area (Å²) < 4.78 is 5.75. The van der Waals surface area contributed by atoms with Gasteiger partial charge in [-0.3, -0.25) is 0 Å². The zero-order valence-corrected chi connectivity index (χ0v) is 23.7.